The van der Waals surface area contributed by atoms with Gasteiger partial charge in [-0.1, -0.05) is 12.1 Å². The van der Waals surface area contributed by atoms with Crippen molar-refractivity contribution in [2.45, 2.75) is 18.3 Å². The first kappa shape index (κ1) is 12.7. The molecule has 20 heavy (non-hydrogen) atoms. The molecular weight excluding hydrogens is 262 g/mol. The minimum atomic E-state index is -0.682. The van der Waals surface area contributed by atoms with Gasteiger partial charge in [0.2, 0.25) is 5.91 Å². The summed E-state index contributed by atoms with van der Waals surface area (Å²) in [4.78, 5) is 16.1. The van der Waals surface area contributed by atoms with Gasteiger partial charge in [0.15, 0.2) is 0 Å². The normalized spacial score (nSPS) is 15.7. The Balaban J connectivity index is 1.81. The van der Waals surface area contributed by atoms with Crippen LogP contribution in [0.1, 0.15) is 18.4 Å². The molecule has 3 nitrogen and oxygen atoms in total. The second-order valence-corrected chi connectivity index (χ2v) is 4.91. The zero-order valence-corrected chi connectivity index (χ0v) is 10.6. The number of carbonyl (C=O) groups excluding carboxylic acids is 1. The maximum atomic E-state index is 13.3. The quantitative estimate of drug-likeness (QED) is 0.934. The number of benzene rings is 1. The van der Waals surface area contributed by atoms with Crippen molar-refractivity contribution in [1.82, 2.24) is 4.98 Å². The van der Waals surface area contributed by atoms with Crippen LogP contribution in [0.5, 0.6) is 0 Å². The number of halogens is 2. The fraction of sp³-hybridized carbons (Fsp3) is 0.200. The Morgan fingerprint density at radius 3 is 2.55 bits per heavy atom. The number of carbonyl (C=O) groups is 1. The second kappa shape index (κ2) is 4.67. The summed E-state index contributed by atoms with van der Waals surface area (Å²) in [6.07, 6.45) is 2.38. The van der Waals surface area contributed by atoms with Gasteiger partial charge in [-0.05, 0) is 42.7 Å². The number of anilines is 1. The van der Waals surface area contributed by atoms with E-state index in [-0.39, 0.29) is 11.7 Å². The highest BCUT2D eigenvalue weighted by Crippen LogP contribution is 2.49. The number of hydrogen-bond donors (Lipinski definition) is 1. The number of pyridine rings is 1. The zero-order chi connectivity index (χ0) is 14.2. The van der Waals surface area contributed by atoms with Gasteiger partial charge in [-0.25, -0.2) is 13.8 Å². The highest BCUT2D eigenvalue weighted by atomic mass is 19.1. The van der Waals surface area contributed by atoms with E-state index in [1.54, 1.807) is 12.1 Å². The van der Waals surface area contributed by atoms with E-state index in [2.05, 4.69) is 10.3 Å². The third-order valence-electron chi connectivity index (χ3n) is 3.53. The summed E-state index contributed by atoms with van der Waals surface area (Å²) in [7, 11) is 0. The Morgan fingerprint density at radius 1 is 1.15 bits per heavy atom. The molecule has 1 aliphatic rings. The van der Waals surface area contributed by atoms with Gasteiger partial charge in [-0.3, -0.25) is 4.79 Å². The monoisotopic (exact) mass is 274 g/mol. The summed E-state index contributed by atoms with van der Waals surface area (Å²) >= 11 is 0. The standard InChI is InChI=1S/C15H12F2N2O/c16-11-3-1-2-10(8-11)15(6-7-15)14(20)19-13-5-4-12(17)9-18-13/h1-5,8-9H,6-7H2,(H,18,19,20). The number of nitrogens with one attached hydrogen (secondary N) is 1. The Labute approximate surface area is 114 Å². The van der Waals surface area contributed by atoms with Crippen molar-refractivity contribution in [3.8, 4) is 0 Å². The first-order chi connectivity index (χ1) is 9.60. The molecule has 0 radical (unpaired) electrons. The van der Waals surface area contributed by atoms with Crippen molar-refractivity contribution in [3.63, 3.8) is 0 Å². The van der Waals surface area contributed by atoms with E-state index in [1.807, 2.05) is 0 Å². The molecule has 0 bridgehead atoms. The summed E-state index contributed by atoms with van der Waals surface area (Å²) in [5.74, 6) is -0.767. The van der Waals surface area contributed by atoms with Crippen molar-refractivity contribution in [1.29, 1.82) is 0 Å². The van der Waals surface area contributed by atoms with E-state index in [0.29, 0.717) is 24.2 Å². The SMILES string of the molecule is O=C(Nc1ccc(F)cn1)C1(c2cccc(F)c2)CC1. The number of hydrogen-bond acceptors (Lipinski definition) is 2. The van der Waals surface area contributed by atoms with Crippen LogP contribution < -0.4 is 5.32 Å². The molecule has 102 valence electrons. The number of amides is 1. The second-order valence-electron chi connectivity index (χ2n) is 4.91. The van der Waals surface area contributed by atoms with Crippen molar-refractivity contribution in [3.05, 3.63) is 59.8 Å². The highest BCUT2D eigenvalue weighted by Gasteiger charge is 2.51. The van der Waals surface area contributed by atoms with Gasteiger partial charge in [-0.15, -0.1) is 0 Å². The van der Waals surface area contributed by atoms with E-state index < -0.39 is 11.2 Å². The maximum Gasteiger partial charge on any atom is 0.236 e. The molecule has 1 saturated carbocycles. The Morgan fingerprint density at radius 2 is 1.95 bits per heavy atom. The molecule has 3 rings (SSSR count). The first-order valence-corrected chi connectivity index (χ1v) is 6.29. The lowest BCUT2D eigenvalue weighted by Crippen LogP contribution is -2.28. The average molecular weight is 274 g/mol. The van der Waals surface area contributed by atoms with E-state index in [1.165, 1.54) is 24.3 Å². The summed E-state index contributed by atoms with van der Waals surface area (Å²) in [5, 5.41) is 2.65. The van der Waals surface area contributed by atoms with Crippen molar-refractivity contribution >= 4 is 11.7 Å². The lowest BCUT2D eigenvalue weighted by molar-refractivity contribution is -0.118. The number of rotatable bonds is 3. The van der Waals surface area contributed by atoms with Crippen molar-refractivity contribution < 1.29 is 13.6 Å². The molecular formula is C15H12F2N2O. The van der Waals surface area contributed by atoms with Crippen LogP contribution >= 0.6 is 0 Å². The van der Waals surface area contributed by atoms with Crippen LogP contribution in [-0.2, 0) is 10.2 Å². The lowest BCUT2D eigenvalue weighted by Gasteiger charge is -2.15. The molecule has 0 aliphatic heterocycles. The Bertz CT molecular complexity index is 651. The molecule has 1 N–H and O–H groups in total. The summed E-state index contributed by atoms with van der Waals surface area (Å²) in [5.41, 5.74) is -0.0184. The molecule has 1 aliphatic carbocycles. The smallest absolute Gasteiger partial charge is 0.236 e. The largest absolute Gasteiger partial charge is 0.310 e. The van der Waals surface area contributed by atoms with E-state index in [9.17, 15) is 13.6 Å². The third-order valence-corrected chi connectivity index (χ3v) is 3.53. The maximum absolute atomic E-state index is 13.3. The van der Waals surface area contributed by atoms with Gasteiger partial charge >= 0.3 is 0 Å². The van der Waals surface area contributed by atoms with Gasteiger partial charge < -0.3 is 5.32 Å². The molecule has 0 unspecified atom stereocenters. The first-order valence-electron chi connectivity index (χ1n) is 6.29. The molecule has 1 aromatic heterocycles. The minimum Gasteiger partial charge on any atom is -0.310 e. The molecule has 2 aromatic rings. The molecule has 1 aromatic carbocycles. The van der Waals surface area contributed by atoms with Crippen LogP contribution in [0.25, 0.3) is 0 Å². The lowest BCUT2D eigenvalue weighted by atomic mass is 9.95. The predicted octanol–water partition coefficient (Wildman–Crippen LogP) is 3.03. The molecule has 1 fully saturated rings. The van der Waals surface area contributed by atoms with Crippen molar-refractivity contribution in [2.75, 3.05) is 5.32 Å². The van der Waals surface area contributed by atoms with E-state index >= 15 is 0 Å². The van der Waals surface area contributed by atoms with Gasteiger partial charge in [0.25, 0.3) is 0 Å². The topological polar surface area (TPSA) is 42.0 Å². The molecule has 1 heterocycles. The van der Waals surface area contributed by atoms with Gasteiger partial charge in [0, 0.05) is 0 Å². The van der Waals surface area contributed by atoms with Crippen LogP contribution in [0.2, 0.25) is 0 Å². The molecule has 1 amide bonds. The predicted molar refractivity (Wildman–Crippen MR) is 70.1 cm³/mol. The fourth-order valence-corrected chi connectivity index (χ4v) is 2.24. The van der Waals surface area contributed by atoms with Gasteiger partial charge in [0.1, 0.15) is 17.5 Å². The van der Waals surface area contributed by atoms with Crippen LogP contribution in [0.15, 0.2) is 42.6 Å². The Kier molecular flexibility index (Phi) is 2.97. The third kappa shape index (κ3) is 2.27. The molecule has 5 heteroatoms. The number of nitrogens with zero attached hydrogens (tertiary/aromatic N) is 1. The number of aromatic nitrogens is 1. The fourth-order valence-electron chi connectivity index (χ4n) is 2.24. The van der Waals surface area contributed by atoms with Crippen molar-refractivity contribution in [2.24, 2.45) is 0 Å². The van der Waals surface area contributed by atoms with Crippen LogP contribution in [0.3, 0.4) is 0 Å². The minimum absolute atomic E-state index is 0.234. The van der Waals surface area contributed by atoms with Gasteiger partial charge in [-0.2, -0.15) is 0 Å². The summed E-state index contributed by atoms with van der Waals surface area (Å²) in [6.45, 7) is 0. The zero-order valence-electron chi connectivity index (χ0n) is 10.6. The Hall–Kier alpha value is -2.30. The van der Waals surface area contributed by atoms with Crippen LogP contribution in [0, 0.1) is 11.6 Å². The highest BCUT2D eigenvalue weighted by molar-refractivity contribution is 6.00. The summed E-state index contributed by atoms with van der Waals surface area (Å²) in [6, 6.07) is 8.69. The van der Waals surface area contributed by atoms with E-state index in [4.69, 9.17) is 0 Å². The van der Waals surface area contributed by atoms with Gasteiger partial charge in [0.05, 0.1) is 11.6 Å². The molecule has 0 atom stereocenters. The van der Waals surface area contributed by atoms with E-state index in [0.717, 1.165) is 6.20 Å². The van der Waals surface area contributed by atoms with Crippen LogP contribution in [-0.4, -0.2) is 10.9 Å². The summed E-state index contributed by atoms with van der Waals surface area (Å²) < 4.78 is 26.0. The molecule has 0 saturated heterocycles. The van der Waals surface area contributed by atoms with Crippen LogP contribution in [0.4, 0.5) is 14.6 Å². The average Bonchev–Trinajstić information content (AvgIpc) is 3.23. The molecule has 0 spiro atoms.